The van der Waals surface area contributed by atoms with E-state index >= 15 is 0 Å². The molecule has 0 aliphatic rings. The van der Waals surface area contributed by atoms with Crippen LogP contribution in [0.25, 0.3) is 0 Å². The van der Waals surface area contributed by atoms with Crippen LogP contribution >= 0.6 is 0 Å². The molecule has 0 bridgehead atoms. The summed E-state index contributed by atoms with van der Waals surface area (Å²) in [7, 11) is 0. The fourth-order valence-electron chi connectivity index (χ4n) is 1.10. The van der Waals surface area contributed by atoms with Gasteiger partial charge in [-0.1, -0.05) is 12.1 Å². The van der Waals surface area contributed by atoms with Gasteiger partial charge in [-0.3, -0.25) is 4.79 Å². The number of hydrogen-bond donors (Lipinski definition) is 0. The predicted octanol–water partition coefficient (Wildman–Crippen LogP) is 2.56. The third kappa shape index (κ3) is 2.57. The summed E-state index contributed by atoms with van der Waals surface area (Å²) in [4.78, 5) is 10.8. The molecule has 0 radical (unpaired) electrons. The van der Waals surface area contributed by atoms with Gasteiger partial charge in [0.25, 0.3) is 5.78 Å². The standard InChI is InChI=1S/C10H5F4NO/c11-7-3-1-6(2-4-7)8(5-15)9(16)10(12,13)14/h1-4,8H/t8-/m1/s1. The molecule has 2 nitrogen and oxygen atoms in total. The van der Waals surface area contributed by atoms with Crippen molar-refractivity contribution in [3.63, 3.8) is 0 Å². The van der Waals surface area contributed by atoms with Gasteiger partial charge in [0.15, 0.2) is 0 Å². The maximum Gasteiger partial charge on any atom is 0.451 e. The number of ketones is 1. The Morgan fingerprint density at radius 3 is 2.12 bits per heavy atom. The van der Waals surface area contributed by atoms with Crippen LogP contribution in [-0.2, 0) is 4.79 Å². The van der Waals surface area contributed by atoms with E-state index in [2.05, 4.69) is 0 Å². The summed E-state index contributed by atoms with van der Waals surface area (Å²) in [5.74, 6) is -4.75. The lowest BCUT2D eigenvalue weighted by Crippen LogP contribution is -2.28. The van der Waals surface area contributed by atoms with Gasteiger partial charge in [-0.05, 0) is 17.7 Å². The van der Waals surface area contributed by atoms with E-state index in [-0.39, 0.29) is 5.56 Å². The normalized spacial score (nSPS) is 12.9. The van der Waals surface area contributed by atoms with Gasteiger partial charge >= 0.3 is 6.18 Å². The highest BCUT2D eigenvalue weighted by Gasteiger charge is 2.44. The molecule has 0 fully saturated rings. The Labute approximate surface area is 88.1 Å². The number of alkyl halides is 3. The summed E-state index contributed by atoms with van der Waals surface area (Å²) >= 11 is 0. The van der Waals surface area contributed by atoms with E-state index in [9.17, 15) is 22.4 Å². The summed E-state index contributed by atoms with van der Waals surface area (Å²) in [6, 6.07) is 4.99. The third-order valence-electron chi connectivity index (χ3n) is 1.87. The van der Waals surface area contributed by atoms with E-state index in [0.29, 0.717) is 0 Å². The zero-order chi connectivity index (χ0) is 12.3. The molecule has 1 atom stereocenters. The topological polar surface area (TPSA) is 40.9 Å². The van der Waals surface area contributed by atoms with E-state index in [1.807, 2.05) is 0 Å². The third-order valence-corrected chi connectivity index (χ3v) is 1.87. The number of nitriles is 1. The number of nitrogens with zero attached hydrogens (tertiary/aromatic N) is 1. The molecule has 0 spiro atoms. The lowest BCUT2D eigenvalue weighted by Gasteiger charge is -2.10. The minimum atomic E-state index is -5.07. The Bertz CT molecular complexity index is 430. The monoisotopic (exact) mass is 231 g/mol. The van der Waals surface area contributed by atoms with Crippen LogP contribution in [0.15, 0.2) is 24.3 Å². The van der Waals surface area contributed by atoms with Crippen molar-refractivity contribution in [1.29, 1.82) is 5.26 Å². The fraction of sp³-hybridized carbons (Fsp3) is 0.200. The Hall–Kier alpha value is -1.90. The first-order valence-corrected chi connectivity index (χ1v) is 4.12. The molecule has 16 heavy (non-hydrogen) atoms. The van der Waals surface area contributed by atoms with Crippen molar-refractivity contribution in [3.8, 4) is 6.07 Å². The van der Waals surface area contributed by atoms with E-state index in [1.165, 1.54) is 6.07 Å². The minimum Gasteiger partial charge on any atom is -0.288 e. The van der Waals surface area contributed by atoms with Crippen LogP contribution in [0.2, 0.25) is 0 Å². The number of rotatable bonds is 2. The zero-order valence-electron chi connectivity index (χ0n) is 7.75. The Kier molecular flexibility index (Phi) is 3.28. The first kappa shape index (κ1) is 12.2. The molecule has 0 amide bonds. The smallest absolute Gasteiger partial charge is 0.288 e. The van der Waals surface area contributed by atoms with Gasteiger partial charge < -0.3 is 0 Å². The average molecular weight is 231 g/mol. The summed E-state index contributed by atoms with van der Waals surface area (Å²) in [5.41, 5.74) is -0.175. The Morgan fingerprint density at radius 1 is 1.25 bits per heavy atom. The summed E-state index contributed by atoms with van der Waals surface area (Å²) in [6.07, 6.45) is -5.07. The molecule has 0 aliphatic carbocycles. The molecule has 1 aromatic rings. The van der Waals surface area contributed by atoms with Crippen molar-refractivity contribution in [2.75, 3.05) is 0 Å². The number of halogens is 4. The first-order valence-electron chi connectivity index (χ1n) is 4.12. The molecule has 0 saturated carbocycles. The first-order chi connectivity index (χ1) is 7.36. The average Bonchev–Trinajstić information content (AvgIpc) is 2.20. The molecule has 0 N–H and O–H groups in total. The van der Waals surface area contributed by atoms with Crippen LogP contribution in [0.3, 0.4) is 0 Å². The number of Topliss-reactive ketones (excluding diaryl/α,β-unsaturated/α-hetero) is 1. The quantitative estimate of drug-likeness (QED) is 0.734. The van der Waals surface area contributed by atoms with Gasteiger partial charge in [0, 0.05) is 0 Å². The number of hydrogen-bond acceptors (Lipinski definition) is 2. The van der Waals surface area contributed by atoms with Gasteiger partial charge in [-0.25, -0.2) is 4.39 Å². The summed E-state index contributed by atoms with van der Waals surface area (Å²) in [5, 5.41) is 8.52. The largest absolute Gasteiger partial charge is 0.451 e. The summed E-state index contributed by atoms with van der Waals surface area (Å²) in [6.45, 7) is 0. The van der Waals surface area contributed by atoms with Gasteiger partial charge in [0.1, 0.15) is 11.7 Å². The van der Waals surface area contributed by atoms with E-state index in [4.69, 9.17) is 5.26 Å². The van der Waals surface area contributed by atoms with Crippen LogP contribution in [-0.4, -0.2) is 12.0 Å². The lowest BCUT2D eigenvalue weighted by atomic mass is 9.96. The maximum absolute atomic E-state index is 12.5. The number of carbonyl (C=O) groups is 1. The van der Waals surface area contributed by atoms with Crippen LogP contribution in [0, 0.1) is 17.1 Å². The Morgan fingerprint density at radius 2 is 1.75 bits per heavy atom. The highest BCUT2D eigenvalue weighted by Crippen LogP contribution is 2.27. The van der Waals surface area contributed by atoms with Crippen molar-refractivity contribution in [1.82, 2.24) is 0 Å². The van der Waals surface area contributed by atoms with Crippen LogP contribution in [0.1, 0.15) is 11.5 Å². The highest BCUT2D eigenvalue weighted by molar-refractivity contribution is 5.92. The molecular weight excluding hydrogens is 226 g/mol. The second kappa shape index (κ2) is 4.31. The second-order valence-corrected chi connectivity index (χ2v) is 2.98. The van der Waals surface area contributed by atoms with Gasteiger partial charge in [0.2, 0.25) is 0 Å². The van der Waals surface area contributed by atoms with Crippen molar-refractivity contribution < 1.29 is 22.4 Å². The van der Waals surface area contributed by atoms with Crippen molar-refractivity contribution in [2.45, 2.75) is 12.1 Å². The highest BCUT2D eigenvalue weighted by atomic mass is 19.4. The number of carbonyl (C=O) groups excluding carboxylic acids is 1. The van der Waals surface area contributed by atoms with Gasteiger partial charge in [-0.2, -0.15) is 18.4 Å². The van der Waals surface area contributed by atoms with E-state index < -0.39 is 23.7 Å². The van der Waals surface area contributed by atoms with Crippen molar-refractivity contribution >= 4 is 5.78 Å². The second-order valence-electron chi connectivity index (χ2n) is 2.98. The zero-order valence-corrected chi connectivity index (χ0v) is 7.75. The molecule has 84 valence electrons. The van der Waals surface area contributed by atoms with Crippen LogP contribution in [0.5, 0.6) is 0 Å². The lowest BCUT2D eigenvalue weighted by molar-refractivity contribution is -0.171. The fourth-order valence-corrected chi connectivity index (χ4v) is 1.10. The molecular formula is C10H5F4NO. The molecule has 1 aromatic carbocycles. The van der Waals surface area contributed by atoms with Gasteiger partial charge in [-0.15, -0.1) is 0 Å². The van der Waals surface area contributed by atoms with E-state index in [1.54, 1.807) is 0 Å². The molecule has 0 aliphatic heterocycles. The molecule has 0 saturated heterocycles. The molecule has 0 unspecified atom stereocenters. The molecule has 1 rings (SSSR count). The van der Waals surface area contributed by atoms with Crippen LogP contribution < -0.4 is 0 Å². The van der Waals surface area contributed by atoms with E-state index in [0.717, 1.165) is 24.3 Å². The van der Waals surface area contributed by atoms with Crippen molar-refractivity contribution in [3.05, 3.63) is 35.6 Å². The van der Waals surface area contributed by atoms with Gasteiger partial charge in [0.05, 0.1) is 6.07 Å². The molecule has 0 heterocycles. The van der Waals surface area contributed by atoms with Crippen LogP contribution in [0.4, 0.5) is 17.6 Å². The molecule has 6 heteroatoms. The maximum atomic E-state index is 12.5. The summed E-state index contributed by atoms with van der Waals surface area (Å²) < 4.78 is 48.7. The minimum absolute atomic E-state index is 0.175. The SMILES string of the molecule is N#C[C@@H](C(=O)C(F)(F)F)c1ccc(F)cc1. The molecule has 0 aromatic heterocycles. The van der Waals surface area contributed by atoms with Crippen molar-refractivity contribution in [2.24, 2.45) is 0 Å². The Balaban J connectivity index is 3.06. The number of benzene rings is 1. The predicted molar refractivity (Wildman–Crippen MR) is 45.8 cm³/mol.